The van der Waals surface area contributed by atoms with Gasteiger partial charge in [0.2, 0.25) is 0 Å². The maximum atomic E-state index is 5.77. The second-order valence-corrected chi connectivity index (χ2v) is 4.90. The minimum atomic E-state index is 0.730. The van der Waals surface area contributed by atoms with Gasteiger partial charge in [-0.25, -0.2) is 0 Å². The van der Waals surface area contributed by atoms with Gasteiger partial charge in [0.1, 0.15) is 0 Å². The molecule has 2 rings (SSSR count). The van der Waals surface area contributed by atoms with Crippen LogP contribution in [0.5, 0.6) is 0 Å². The van der Waals surface area contributed by atoms with Crippen molar-refractivity contribution in [1.82, 2.24) is 0 Å². The zero-order chi connectivity index (χ0) is 10.5. The molecule has 0 bridgehead atoms. The molecule has 0 aromatic heterocycles. The number of halogens is 1. The molecule has 0 nitrogen and oxygen atoms in total. The quantitative estimate of drug-likeness (QED) is 0.660. The number of hydrogen-bond donors (Lipinski definition) is 0. The first-order chi connectivity index (χ1) is 7.40. The molecule has 15 heavy (non-hydrogen) atoms. The molecular weight excluding hydrogens is 204 g/mol. The van der Waals surface area contributed by atoms with Crippen molar-refractivity contribution in [2.24, 2.45) is 0 Å². The van der Waals surface area contributed by atoms with Gasteiger partial charge < -0.3 is 0 Å². The summed E-state index contributed by atoms with van der Waals surface area (Å²) in [5.74, 6) is 1.54. The summed E-state index contributed by atoms with van der Waals surface area (Å²) in [6.07, 6.45) is 8.00. The van der Waals surface area contributed by atoms with Gasteiger partial charge in [0.15, 0.2) is 0 Å². The van der Waals surface area contributed by atoms with E-state index in [-0.39, 0.29) is 0 Å². The van der Waals surface area contributed by atoms with E-state index in [9.17, 15) is 0 Å². The molecule has 1 fully saturated rings. The summed E-state index contributed by atoms with van der Waals surface area (Å²) in [4.78, 5) is 0. The Morgan fingerprint density at radius 3 is 2.67 bits per heavy atom. The predicted octanol–water partition coefficient (Wildman–Crippen LogP) is 4.52. The average Bonchev–Trinajstić information content (AvgIpc) is 2.31. The Kier molecular flexibility index (Phi) is 4.08. The molecule has 1 aliphatic carbocycles. The Balaban J connectivity index is 2.09. The minimum absolute atomic E-state index is 0.730. The van der Waals surface area contributed by atoms with Crippen LogP contribution in [0.25, 0.3) is 0 Å². The normalized spacial score (nSPS) is 17.9. The lowest BCUT2D eigenvalue weighted by atomic mass is 9.83. The van der Waals surface area contributed by atoms with Gasteiger partial charge in [0.05, 0.1) is 0 Å². The molecule has 0 N–H and O–H groups in total. The third-order valence-electron chi connectivity index (χ3n) is 3.41. The van der Waals surface area contributed by atoms with Crippen LogP contribution < -0.4 is 0 Å². The zero-order valence-electron chi connectivity index (χ0n) is 9.21. The van der Waals surface area contributed by atoms with Gasteiger partial charge >= 0.3 is 0 Å². The SMILES string of the molecule is ClCCc1cccc(C2CCCCC2)c1. The highest BCUT2D eigenvalue weighted by Crippen LogP contribution is 2.32. The first-order valence-corrected chi connectivity index (χ1v) is 6.58. The molecule has 82 valence electrons. The van der Waals surface area contributed by atoms with Crippen molar-refractivity contribution in [1.29, 1.82) is 0 Å². The molecule has 1 aliphatic rings. The zero-order valence-corrected chi connectivity index (χ0v) is 9.97. The van der Waals surface area contributed by atoms with Crippen molar-refractivity contribution < 1.29 is 0 Å². The smallest absolute Gasteiger partial charge is 0.0263 e. The molecule has 1 aromatic carbocycles. The van der Waals surface area contributed by atoms with Crippen LogP contribution in [0.15, 0.2) is 24.3 Å². The van der Waals surface area contributed by atoms with Crippen molar-refractivity contribution in [3.8, 4) is 0 Å². The van der Waals surface area contributed by atoms with Gasteiger partial charge in [-0.1, -0.05) is 43.5 Å². The molecule has 1 aromatic rings. The summed E-state index contributed by atoms with van der Waals surface area (Å²) in [6.45, 7) is 0. The highest BCUT2D eigenvalue weighted by molar-refractivity contribution is 6.17. The molecule has 0 saturated heterocycles. The fourth-order valence-corrected chi connectivity index (χ4v) is 2.77. The average molecular weight is 223 g/mol. The summed E-state index contributed by atoms with van der Waals surface area (Å²) in [5.41, 5.74) is 2.94. The van der Waals surface area contributed by atoms with Gasteiger partial charge in [0, 0.05) is 5.88 Å². The highest BCUT2D eigenvalue weighted by Gasteiger charge is 2.15. The number of alkyl halides is 1. The van der Waals surface area contributed by atoms with E-state index in [1.165, 1.54) is 43.2 Å². The third-order valence-corrected chi connectivity index (χ3v) is 3.60. The lowest BCUT2D eigenvalue weighted by Gasteiger charge is -2.22. The van der Waals surface area contributed by atoms with Crippen molar-refractivity contribution >= 4 is 11.6 Å². The van der Waals surface area contributed by atoms with Crippen LogP contribution in [0.3, 0.4) is 0 Å². The molecule has 0 heterocycles. The second-order valence-electron chi connectivity index (χ2n) is 4.52. The first kappa shape index (κ1) is 11.0. The summed E-state index contributed by atoms with van der Waals surface area (Å²) in [5, 5.41) is 0. The van der Waals surface area contributed by atoms with Crippen LogP contribution in [0.2, 0.25) is 0 Å². The van der Waals surface area contributed by atoms with Crippen molar-refractivity contribution in [3.05, 3.63) is 35.4 Å². The number of hydrogen-bond acceptors (Lipinski definition) is 0. The maximum absolute atomic E-state index is 5.77. The fourth-order valence-electron chi connectivity index (χ4n) is 2.55. The summed E-state index contributed by atoms with van der Waals surface area (Å²) in [6, 6.07) is 9.02. The second kappa shape index (κ2) is 5.55. The van der Waals surface area contributed by atoms with Gasteiger partial charge in [-0.15, -0.1) is 11.6 Å². The summed E-state index contributed by atoms with van der Waals surface area (Å²) >= 11 is 5.77. The number of aryl methyl sites for hydroxylation is 1. The molecule has 0 unspecified atom stereocenters. The number of benzene rings is 1. The lowest BCUT2D eigenvalue weighted by molar-refractivity contribution is 0.443. The van der Waals surface area contributed by atoms with E-state index in [0.29, 0.717) is 0 Å². The molecule has 1 saturated carbocycles. The number of rotatable bonds is 3. The van der Waals surface area contributed by atoms with E-state index in [0.717, 1.165) is 18.2 Å². The molecule has 0 aliphatic heterocycles. The van der Waals surface area contributed by atoms with Crippen molar-refractivity contribution in [2.75, 3.05) is 5.88 Å². The summed E-state index contributed by atoms with van der Waals surface area (Å²) < 4.78 is 0. The maximum Gasteiger partial charge on any atom is 0.0263 e. The van der Waals surface area contributed by atoms with E-state index in [2.05, 4.69) is 24.3 Å². The summed E-state index contributed by atoms with van der Waals surface area (Å²) in [7, 11) is 0. The van der Waals surface area contributed by atoms with E-state index < -0.39 is 0 Å². The van der Waals surface area contributed by atoms with Crippen LogP contribution in [-0.4, -0.2) is 5.88 Å². The third kappa shape index (κ3) is 2.98. The van der Waals surface area contributed by atoms with E-state index >= 15 is 0 Å². The standard InChI is InChI=1S/C14H19Cl/c15-10-9-12-5-4-8-14(11-12)13-6-2-1-3-7-13/h4-5,8,11,13H,1-3,6-7,9-10H2. The topological polar surface area (TPSA) is 0 Å². The molecule has 0 amide bonds. The van der Waals surface area contributed by atoms with Gasteiger partial charge in [-0.2, -0.15) is 0 Å². The Labute approximate surface area is 97.6 Å². The van der Waals surface area contributed by atoms with Crippen molar-refractivity contribution in [3.63, 3.8) is 0 Å². The molecule has 0 radical (unpaired) electrons. The van der Waals surface area contributed by atoms with Crippen LogP contribution in [0.1, 0.15) is 49.1 Å². The van der Waals surface area contributed by atoms with Crippen molar-refractivity contribution in [2.45, 2.75) is 44.4 Å². The largest absolute Gasteiger partial charge is 0.126 e. The van der Waals surface area contributed by atoms with E-state index in [1.54, 1.807) is 0 Å². The van der Waals surface area contributed by atoms with Gasteiger partial charge in [-0.05, 0) is 36.3 Å². The molecule has 0 atom stereocenters. The van der Waals surface area contributed by atoms with Crippen LogP contribution in [0, 0.1) is 0 Å². The highest BCUT2D eigenvalue weighted by atomic mass is 35.5. The van der Waals surface area contributed by atoms with Crippen LogP contribution >= 0.6 is 11.6 Å². The van der Waals surface area contributed by atoms with Gasteiger partial charge in [-0.3, -0.25) is 0 Å². The lowest BCUT2D eigenvalue weighted by Crippen LogP contribution is -2.04. The Bertz CT molecular complexity index is 300. The first-order valence-electron chi connectivity index (χ1n) is 6.05. The monoisotopic (exact) mass is 222 g/mol. The Hall–Kier alpha value is -0.490. The van der Waals surface area contributed by atoms with Crippen LogP contribution in [-0.2, 0) is 6.42 Å². The Morgan fingerprint density at radius 2 is 1.93 bits per heavy atom. The van der Waals surface area contributed by atoms with Crippen LogP contribution in [0.4, 0.5) is 0 Å². The molecule has 1 heteroatoms. The van der Waals surface area contributed by atoms with E-state index in [4.69, 9.17) is 11.6 Å². The molecular formula is C14H19Cl. The molecule has 0 spiro atoms. The van der Waals surface area contributed by atoms with Gasteiger partial charge in [0.25, 0.3) is 0 Å². The minimum Gasteiger partial charge on any atom is -0.126 e. The predicted molar refractivity (Wildman–Crippen MR) is 66.7 cm³/mol. The van der Waals surface area contributed by atoms with E-state index in [1.807, 2.05) is 0 Å². The fraction of sp³-hybridized carbons (Fsp3) is 0.571. The Morgan fingerprint density at radius 1 is 1.13 bits per heavy atom.